The van der Waals surface area contributed by atoms with Crippen LogP contribution >= 0.6 is 0 Å². The number of carbonyl (C=O) groups is 2. The van der Waals surface area contributed by atoms with Gasteiger partial charge in [0.2, 0.25) is 5.91 Å². The molecule has 0 aliphatic carbocycles. The number of hydrogen-bond donors (Lipinski definition) is 5. The van der Waals surface area contributed by atoms with Gasteiger partial charge in [-0.05, 0) is 29.8 Å². The monoisotopic (exact) mass is 608 g/mol. The molecule has 45 heavy (non-hydrogen) atoms. The number of aromatic nitrogens is 1. The highest BCUT2D eigenvalue weighted by Crippen LogP contribution is 2.26. The average molecular weight is 609 g/mol. The second kappa shape index (κ2) is 13.5. The van der Waals surface area contributed by atoms with E-state index in [1.807, 2.05) is 37.8 Å². The van der Waals surface area contributed by atoms with Gasteiger partial charge in [-0.25, -0.2) is 9.79 Å². The van der Waals surface area contributed by atoms with Crippen LogP contribution in [0.25, 0.3) is 0 Å². The second-order valence-electron chi connectivity index (χ2n) is 11.6. The molecule has 0 atom stereocenters. The molecule has 0 unspecified atom stereocenters. The number of amides is 3. The summed E-state index contributed by atoms with van der Waals surface area (Å²) in [6, 6.07) is 15.6. The quantitative estimate of drug-likeness (QED) is 0.181. The highest BCUT2D eigenvalue weighted by atomic mass is 16.5. The zero-order valence-electron chi connectivity index (χ0n) is 25.4. The number of rotatable bonds is 8. The van der Waals surface area contributed by atoms with E-state index in [1.54, 1.807) is 48.5 Å². The predicted molar refractivity (Wildman–Crippen MR) is 174 cm³/mol. The molecule has 232 valence electrons. The largest absolute Gasteiger partial charge is 0.383 e. The summed E-state index contributed by atoms with van der Waals surface area (Å²) in [5.74, 6) is 1.20. The number of hydrogen-bond acceptors (Lipinski definition) is 9. The summed E-state index contributed by atoms with van der Waals surface area (Å²) in [6.45, 7) is 8.29. The molecule has 2 aliphatic heterocycles. The first kappa shape index (κ1) is 31.0. The van der Waals surface area contributed by atoms with Crippen molar-refractivity contribution in [3.8, 4) is 0 Å². The number of anilines is 3. The number of nitrogens with zero attached hydrogens (tertiary/aromatic N) is 3. The van der Waals surface area contributed by atoms with Gasteiger partial charge < -0.3 is 30.5 Å². The second-order valence-corrected chi connectivity index (χ2v) is 11.6. The summed E-state index contributed by atoms with van der Waals surface area (Å²) in [7, 11) is 0. The minimum absolute atomic E-state index is 0.0530. The van der Waals surface area contributed by atoms with Crippen LogP contribution in [0.4, 0.5) is 22.0 Å². The SMILES string of the molecule is CC(C)(C)c1cc(NC(=O)Nc2ccc(NC3=C=CC=NC(N)=C3C(=N)c3ccc(CC(=O)N4CCOCC4)cc3)cc2)no1. The Balaban J connectivity index is 1.23. The first-order valence-corrected chi connectivity index (χ1v) is 14.5. The lowest BCUT2D eigenvalue weighted by Crippen LogP contribution is -2.41. The van der Waals surface area contributed by atoms with Crippen LogP contribution < -0.4 is 21.7 Å². The van der Waals surface area contributed by atoms with Crippen molar-refractivity contribution >= 4 is 41.1 Å². The minimum atomic E-state index is -0.459. The van der Waals surface area contributed by atoms with E-state index in [1.165, 1.54) is 6.21 Å². The maximum absolute atomic E-state index is 12.6. The van der Waals surface area contributed by atoms with E-state index in [4.69, 9.17) is 20.4 Å². The Morgan fingerprint density at radius 2 is 1.71 bits per heavy atom. The van der Waals surface area contributed by atoms with Crippen molar-refractivity contribution in [2.75, 3.05) is 42.3 Å². The van der Waals surface area contributed by atoms with Crippen LogP contribution in [0, 0.1) is 5.41 Å². The van der Waals surface area contributed by atoms with Crippen LogP contribution in [0.15, 0.2) is 93.0 Å². The molecular formula is C33H36N8O4. The zero-order valence-corrected chi connectivity index (χ0v) is 25.4. The van der Waals surface area contributed by atoms with Crippen molar-refractivity contribution in [3.63, 3.8) is 0 Å². The summed E-state index contributed by atoms with van der Waals surface area (Å²) in [6.07, 6.45) is 3.41. The van der Waals surface area contributed by atoms with Crippen LogP contribution in [0.1, 0.15) is 37.7 Å². The number of nitrogens with one attached hydrogen (secondary N) is 4. The van der Waals surface area contributed by atoms with Gasteiger partial charge in [0.15, 0.2) is 5.82 Å². The van der Waals surface area contributed by atoms with Crippen molar-refractivity contribution < 1.29 is 18.8 Å². The molecule has 12 nitrogen and oxygen atoms in total. The Morgan fingerprint density at radius 3 is 2.38 bits per heavy atom. The molecule has 3 aromatic rings. The molecule has 12 heteroatoms. The molecule has 1 aromatic heterocycles. The van der Waals surface area contributed by atoms with Crippen LogP contribution in [-0.4, -0.2) is 60.2 Å². The third kappa shape index (κ3) is 7.94. The van der Waals surface area contributed by atoms with Crippen LogP contribution in [0.5, 0.6) is 0 Å². The number of morpholine rings is 1. The molecule has 2 aromatic carbocycles. The number of ether oxygens (including phenoxy) is 1. The molecule has 3 amide bonds. The first-order valence-electron chi connectivity index (χ1n) is 14.5. The molecule has 6 N–H and O–H groups in total. The maximum atomic E-state index is 12.6. The van der Waals surface area contributed by atoms with Gasteiger partial charge in [-0.3, -0.25) is 15.5 Å². The summed E-state index contributed by atoms with van der Waals surface area (Å²) in [5.41, 5.74) is 12.9. The Labute approximate surface area is 261 Å². The van der Waals surface area contributed by atoms with Crippen molar-refractivity contribution in [1.29, 1.82) is 5.41 Å². The third-order valence-electron chi connectivity index (χ3n) is 7.14. The Morgan fingerprint density at radius 1 is 1.02 bits per heavy atom. The average Bonchev–Trinajstić information content (AvgIpc) is 3.42. The smallest absolute Gasteiger partial charge is 0.324 e. The lowest BCUT2D eigenvalue weighted by Gasteiger charge is -2.26. The van der Waals surface area contributed by atoms with Crippen molar-refractivity contribution in [3.05, 3.63) is 100 Å². The van der Waals surface area contributed by atoms with Crippen molar-refractivity contribution in [1.82, 2.24) is 10.1 Å². The lowest BCUT2D eigenvalue weighted by atomic mass is 9.93. The fourth-order valence-corrected chi connectivity index (χ4v) is 4.63. The standard InChI is InChI=1S/C33H36N8O4/c1-33(2,3)26-20-27(40-45-26)39-32(43)38-24-12-10-23(11-13-24)37-25-5-4-14-36-31(35)29(25)30(34)22-8-6-21(7-9-22)19-28(42)41-15-17-44-18-16-41/h4,6-14,20,34,37H,15-19,35H2,1-3H3,(H2,38,39,40,43). The van der Waals surface area contributed by atoms with Crippen molar-refractivity contribution in [2.45, 2.75) is 32.6 Å². The maximum Gasteiger partial charge on any atom is 0.324 e. The van der Waals surface area contributed by atoms with Crippen LogP contribution in [0.2, 0.25) is 0 Å². The van der Waals surface area contributed by atoms with Crippen LogP contribution in [-0.2, 0) is 21.4 Å². The Bertz CT molecular complexity index is 1700. The molecule has 0 saturated carbocycles. The van der Waals surface area contributed by atoms with Gasteiger partial charge in [0.25, 0.3) is 0 Å². The third-order valence-corrected chi connectivity index (χ3v) is 7.14. The number of aliphatic imine (C=N–C) groups is 1. The van der Waals surface area contributed by atoms with E-state index in [-0.39, 0.29) is 29.3 Å². The van der Waals surface area contributed by atoms with E-state index in [9.17, 15) is 9.59 Å². The molecule has 5 rings (SSSR count). The van der Waals surface area contributed by atoms with Gasteiger partial charge in [-0.1, -0.05) is 55.9 Å². The summed E-state index contributed by atoms with van der Waals surface area (Å²) in [4.78, 5) is 31.2. The van der Waals surface area contributed by atoms with Gasteiger partial charge in [0.1, 0.15) is 11.6 Å². The van der Waals surface area contributed by atoms with Gasteiger partial charge >= 0.3 is 6.03 Å². The van der Waals surface area contributed by atoms with Crippen molar-refractivity contribution in [2.24, 2.45) is 10.7 Å². The fourth-order valence-electron chi connectivity index (χ4n) is 4.63. The number of carbonyl (C=O) groups excluding carboxylic acids is 2. The minimum Gasteiger partial charge on any atom is -0.383 e. The molecule has 0 radical (unpaired) electrons. The fraction of sp³-hybridized carbons (Fsp3) is 0.273. The van der Waals surface area contributed by atoms with E-state index in [2.05, 4.69) is 31.8 Å². The molecule has 1 fully saturated rings. The normalized spacial score (nSPS) is 14.9. The number of nitrogens with two attached hydrogens (primary N) is 1. The highest BCUT2D eigenvalue weighted by Gasteiger charge is 2.22. The zero-order chi connectivity index (χ0) is 32.0. The first-order chi connectivity index (χ1) is 21.6. The predicted octanol–water partition coefficient (Wildman–Crippen LogP) is 4.79. The number of urea groups is 1. The number of benzene rings is 2. The Hall–Kier alpha value is -5.45. The van der Waals surface area contributed by atoms with Gasteiger partial charge in [0.05, 0.1) is 36.6 Å². The Kier molecular flexibility index (Phi) is 9.27. The molecule has 3 heterocycles. The molecular weight excluding hydrogens is 572 g/mol. The lowest BCUT2D eigenvalue weighted by molar-refractivity contribution is -0.134. The number of allylic oxidation sites excluding steroid dienone is 1. The van der Waals surface area contributed by atoms with E-state index >= 15 is 0 Å². The summed E-state index contributed by atoms with van der Waals surface area (Å²) in [5, 5.41) is 21.6. The molecule has 0 bridgehead atoms. The van der Waals surface area contributed by atoms with Gasteiger partial charge in [0, 0.05) is 53.8 Å². The van der Waals surface area contributed by atoms with Gasteiger partial charge in [-0.15, -0.1) is 0 Å². The van der Waals surface area contributed by atoms with Gasteiger partial charge in [-0.2, -0.15) is 0 Å². The highest BCUT2D eigenvalue weighted by molar-refractivity contribution is 6.14. The van der Waals surface area contributed by atoms with Crippen LogP contribution in [0.3, 0.4) is 0 Å². The summed E-state index contributed by atoms with van der Waals surface area (Å²) >= 11 is 0. The molecule has 1 saturated heterocycles. The van der Waals surface area contributed by atoms with E-state index in [0.717, 1.165) is 5.56 Å². The summed E-state index contributed by atoms with van der Waals surface area (Å²) < 4.78 is 10.6. The molecule has 2 aliphatic rings. The molecule has 0 spiro atoms. The van der Waals surface area contributed by atoms with E-state index < -0.39 is 6.03 Å². The van der Waals surface area contributed by atoms with E-state index in [0.29, 0.717) is 66.1 Å². The topological polar surface area (TPSA) is 171 Å².